The number of carbonyl (C=O) groups excluding carboxylic acids is 4. The maximum absolute atomic E-state index is 16.1. The van der Waals surface area contributed by atoms with Gasteiger partial charge in [-0.05, 0) is 53.4 Å². The first-order chi connectivity index (χ1) is 29.2. The number of nitrogens with zero attached hydrogens (tertiary/aromatic N) is 2. The van der Waals surface area contributed by atoms with Gasteiger partial charge in [-0.2, -0.15) is 0 Å². The Hall–Kier alpha value is -6.78. The highest BCUT2D eigenvalue weighted by Gasteiger charge is 2.75. The molecule has 7 atom stereocenters. The van der Waals surface area contributed by atoms with Gasteiger partial charge in [0, 0.05) is 17.5 Å². The van der Waals surface area contributed by atoms with E-state index < -0.39 is 65.4 Å². The largest absolute Gasteiger partial charge is 0.491 e. The Labute approximate surface area is 347 Å². The maximum Gasteiger partial charge on any atom is 0.329 e. The zero-order valence-electron chi connectivity index (χ0n) is 32.8. The van der Waals surface area contributed by atoms with Crippen molar-refractivity contribution in [2.45, 2.75) is 49.0 Å². The lowest BCUT2D eigenvalue weighted by Crippen LogP contribution is -2.55. The van der Waals surface area contributed by atoms with E-state index in [-0.39, 0.29) is 43.2 Å². The molecule has 12 nitrogen and oxygen atoms in total. The number of anilines is 1. The first kappa shape index (κ1) is 40.0. The highest BCUT2D eigenvalue weighted by molar-refractivity contribution is 6.24. The highest BCUT2D eigenvalue weighted by atomic mass is 16.6. The normalized spacial score (nSPS) is 23.5. The number of primary amides is 1. The monoisotopic (exact) mass is 804 g/mol. The van der Waals surface area contributed by atoms with Crippen molar-refractivity contribution in [1.29, 1.82) is 0 Å². The van der Waals surface area contributed by atoms with Crippen molar-refractivity contribution in [1.82, 2.24) is 10.2 Å². The lowest BCUT2D eigenvalue weighted by Gasteiger charge is -2.46. The van der Waals surface area contributed by atoms with E-state index in [9.17, 15) is 24.6 Å². The van der Waals surface area contributed by atoms with Gasteiger partial charge in [-0.1, -0.05) is 121 Å². The molecule has 5 N–H and O–H groups in total. The van der Waals surface area contributed by atoms with Crippen molar-refractivity contribution >= 4 is 29.5 Å². The smallest absolute Gasteiger partial charge is 0.329 e. The first-order valence-electron chi connectivity index (χ1n) is 19.9. The number of urea groups is 1. The Morgan fingerprint density at radius 3 is 2.17 bits per heavy atom. The lowest BCUT2D eigenvalue weighted by atomic mass is 9.65. The topological polar surface area (TPSA) is 172 Å². The third kappa shape index (κ3) is 6.76. The number of amides is 4. The summed E-state index contributed by atoms with van der Waals surface area (Å²) in [7, 11) is 0. The minimum atomic E-state index is -2.07. The SMILES string of the molecule is C[C@@H](NC(=O)N1C(=O)[C@@]2(c3cc(C#CCCO)ccc31)[C@H](c1ccccc1OCCO)N1[C@H](c3ccccc3)[C@H](c3ccccc3)OC(=O)[C@H]1[C@@H]2C(N)=O)c1ccccc1. The number of hydrogen-bond donors (Lipinski definition) is 4. The van der Waals surface area contributed by atoms with Gasteiger partial charge in [-0.25, -0.2) is 9.69 Å². The Balaban J connectivity index is 1.44. The molecular formula is C48H44N4O8. The molecule has 0 saturated carbocycles. The molecule has 3 aliphatic rings. The number of nitrogens with two attached hydrogens (primary N) is 1. The molecule has 4 amide bonds. The molecule has 304 valence electrons. The summed E-state index contributed by atoms with van der Waals surface area (Å²) in [6.45, 7) is 1.21. The zero-order chi connectivity index (χ0) is 42.0. The van der Waals surface area contributed by atoms with Crippen LogP contribution in [-0.4, -0.2) is 64.8 Å². The van der Waals surface area contributed by atoms with E-state index in [4.69, 9.17) is 15.2 Å². The van der Waals surface area contributed by atoms with Gasteiger partial charge in [0.15, 0.2) is 0 Å². The predicted molar refractivity (Wildman–Crippen MR) is 222 cm³/mol. The summed E-state index contributed by atoms with van der Waals surface area (Å²) in [5, 5.41) is 22.4. The van der Waals surface area contributed by atoms with Crippen LogP contribution >= 0.6 is 0 Å². The molecule has 60 heavy (non-hydrogen) atoms. The second-order valence-electron chi connectivity index (χ2n) is 15.0. The minimum Gasteiger partial charge on any atom is -0.491 e. The third-order valence-corrected chi connectivity index (χ3v) is 11.6. The number of hydrogen-bond acceptors (Lipinski definition) is 9. The second-order valence-corrected chi connectivity index (χ2v) is 15.0. The van der Waals surface area contributed by atoms with E-state index in [0.29, 0.717) is 16.7 Å². The van der Waals surface area contributed by atoms with E-state index in [1.165, 1.54) is 0 Å². The summed E-state index contributed by atoms with van der Waals surface area (Å²) >= 11 is 0. The summed E-state index contributed by atoms with van der Waals surface area (Å²) in [6.07, 6.45) is -0.747. The summed E-state index contributed by atoms with van der Waals surface area (Å²) in [4.78, 5) is 63.1. The van der Waals surface area contributed by atoms with E-state index in [1.807, 2.05) is 95.9 Å². The van der Waals surface area contributed by atoms with Crippen LogP contribution in [0.4, 0.5) is 10.5 Å². The van der Waals surface area contributed by atoms with Crippen LogP contribution in [0, 0.1) is 17.8 Å². The average molecular weight is 805 g/mol. The van der Waals surface area contributed by atoms with Crippen LogP contribution in [0.25, 0.3) is 0 Å². The van der Waals surface area contributed by atoms with Gasteiger partial charge in [0.05, 0.1) is 42.9 Å². The number of imide groups is 1. The van der Waals surface area contributed by atoms with Crippen LogP contribution in [0.2, 0.25) is 0 Å². The number of aliphatic hydroxyl groups excluding tert-OH is 2. The average Bonchev–Trinajstić information content (AvgIpc) is 3.73. The van der Waals surface area contributed by atoms with Crippen LogP contribution < -0.4 is 20.7 Å². The number of rotatable bonds is 10. The Bertz CT molecular complexity index is 2470. The van der Waals surface area contributed by atoms with Crippen LogP contribution in [0.3, 0.4) is 0 Å². The number of para-hydroxylation sites is 1. The molecule has 8 rings (SSSR count). The van der Waals surface area contributed by atoms with E-state index in [2.05, 4.69) is 17.2 Å². The third-order valence-electron chi connectivity index (χ3n) is 11.6. The number of benzene rings is 5. The molecule has 0 aliphatic carbocycles. The van der Waals surface area contributed by atoms with Gasteiger partial charge in [0.1, 0.15) is 29.9 Å². The van der Waals surface area contributed by atoms with Crippen molar-refractivity contribution in [3.63, 3.8) is 0 Å². The Morgan fingerprint density at radius 1 is 0.850 bits per heavy atom. The number of nitrogens with one attached hydrogen (secondary N) is 1. The van der Waals surface area contributed by atoms with Gasteiger partial charge in [-0.15, -0.1) is 0 Å². The van der Waals surface area contributed by atoms with Gasteiger partial charge in [0.25, 0.3) is 0 Å². The maximum atomic E-state index is 16.1. The molecule has 0 unspecified atom stereocenters. The fraction of sp³-hybridized carbons (Fsp3) is 0.250. The van der Waals surface area contributed by atoms with E-state index >= 15 is 4.79 Å². The number of fused-ring (bicyclic) bond motifs is 3. The van der Waals surface area contributed by atoms with Crippen LogP contribution in [-0.2, 0) is 24.5 Å². The van der Waals surface area contributed by atoms with Crippen molar-refractivity contribution in [3.05, 3.63) is 167 Å². The summed E-state index contributed by atoms with van der Waals surface area (Å²) in [5.74, 6) is 2.16. The molecular weight excluding hydrogens is 761 g/mol. The summed E-state index contributed by atoms with van der Waals surface area (Å²) < 4.78 is 12.6. The number of esters is 1. The number of carbonyl (C=O) groups is 4. The van der Waals surface area contributed by atoms with Crippen molar-refractivity contribution < 1.29 is 38.9 Å². The van der Waals surface area contributed by atoms with Crippen LogP contribution in [0.5, 0.6) is 5.75 Å². The second kappa shape index (κ2) is 16.8. The van der Waals surface area contributed by atoms with Gasteiger partial charge in [-0.3, -0.25) is 19.3 Å². The van der Waals surface area contributed by atoms with E-state index in [1.54, 1.807) is 49.4 Å². The number of ether oxygens (including phenoxy) is 2. The van der Waals surface area contributed by atoms with E-state index in [0.717, 1.165) is 16.0 Å². The minimum absolute atomic E-state index is 0.1000. The number of aliphatic hydroxyl groups is 2. The molecule has 2 fully saturated rings. The molecule has 2 saturated heterocycles. The highest BCUT2D eigenvalue weighted by Crippen LogP contribution is 2.66. The molecule has 0 radical (unpaired) electrons. The molecule has 3 aliphatic heterocycles. The molecule has 5 aromatic carbocycles. The molecule has 12 heteroatoms. The quantitative estimate of drug-likeness (QED) is 0.106. The molecule has 3 heterocycles. The summed E-state index contributed by atoms with van der Waals surface area (Å²) in [5.41, 5.74) is 7.90. The molecule has 0 bridgehead atoms. The van der Waals surface area contributed by atoms with Gasteiger partial charge >= 0.3 is 12.0 Å². The molecule has 1 spiro atoms. The standard InChI is InChI=1S/C48H44N4O8/c1-30(32-16-5-2-6-17-32)50-47(58)51-37-25-24-31(15-13-14-26-53)29-36(37)48(46(51)57)39(44(49)55)41-45(56)60-42(34-20-9-4-10-21-34)40(33-18-7-3-8-19-33)52(41)43(48)35-22-11-12-23-38(35)59-28-27-54/h2-12,16-25,29-30,39-43,53-54H,14,26-28H2,1H3,(H2,49,55)(H,50,58)/t30-,39-,40-,41-,42+,43+,48-/m1/s1. The van der Waals surface area contributed by atoms with Gasteiger partial charge in [0.2, 0.25) is 11.8 Å². The fourth-order valence-corrected chi connectivity index (χ4v) is 9.28. The number of morpholine rings is 1. The fourth-order valence-electron chi connectivity index (χ4n) is 9.28. The molecule has 0 aromatic heterocycles. The lowest BCUT2D eigenvalue weighted by molar-refractivity contribution is -0.178. The molecule has 5 aromatic rings. The van der Waals surface area contributed by atoms with Crippen molar-refractivity contribution in [3.8, 4) is 17.6 Å². The van der Waals surface area contributed by atoms with Crippen molar-refractivity contribution in [2.24, 2.45) is 11.7 Å². The van der Waals surface area contributed by atoms with Crippen LogP contribution in [0.15, 0.2) is 133 Å². The van der Waals surface area contributed by atoms with Crippen molar-refractivity contribution in [2.75, 3.05) is 24.7 Å². The zero-order valence-corrected chi connectivity index (χ0v) is 32.8. The number of cyclic esters (lactones) is 1. The predicted octanol–water partition coefficient (Wildman–Crippen LogP) is 5.41. The Morgan fingerprint density at radius 2 is 1.50 bits per heavy atom. The summed E-state index contributed by atoms with van der Waals surface area (Å²) in [6, 6.07) is 35.1. The first-order valence-corrected chi connectivity index (χ1v) is 19.9. The van der Waals surface area contributed by atoms with Crippen LogP contribution in [0.1, 0.15) is 71.0 Å². The van der Waals surface area contributed by atoms with Gasteiger partial charge < -0.3 is 30.7 Å². The Kier molecular flexibility index (Phi) is 11.2.